The monoisotopic (exact) mass is 264 g/mol. The van der Waals surface area contributed by atoms with Crippen LogP contribution < -0.4 is 4.74 Å². The van der Waals surface area contributed by atoms with Crippen LogP contribution in [0.1, 0.15) is 5.56 Å². The van der Waals surface area contributed by atoms with Gasteiger partial charge in [-0.05, 0) is 18.2 Å². The van der Waals surface area contributed by atoms with Gasteiger partial charge < -0.3 is 4.74 Å². The van der Waals surface area contributed by atoms with Crippen molar-refractivity contribution in [2.75, 3.05) is 0 Å². The molecule has 0 bridgehead atoms. The van der Waals surface area contributed by atoms with E-state index in [-0.39, 0.29) is 0 Å². The van der Waals surface area contributed by atoms with E-state index in [0.717, 1.165) is 0 Å². The summed E-state index contributed by atoms with van der Waals surface area (Å²) < 4.78 is 5.51. The third-order valence-electron chi connectivity index (χ3n) is 2.04. The van der Waals surface area contributed by atoms with Crippen molar-refractivity contribution in [2.45, 2.75) is 0 Å². The van der Waals surface area contributed by atoms with Crippen LogP contribution in [-0.4, -0.2) is 4.98 Å². The van der Waals surface area contributed by atoms with E-state index in [0.29, 0.717) is 27.1 Å². The van der Waals surface area contributed by atoms with Gasteiger partial charge in [0.2, 0.25) is 0 Å². The van der Waals surface area contributed by atoms with Crippen LogP contribution in [0.25, 0.3) is 0 Å². The van der Waals surface area contributed by atoms with Gasteiger partial charge in [-0.3, -0.25) is 4.98 Å². The van der Waals surface area contributed by atoms with E-state index in [1.165, 1.54) is 12.4 Å². The lowest BCUT2D eigenvalue weighted by atomic mass is 10.2. The molecule has 0 aliphatic rings. The first-order valence-corrected chi connectivity index (χ1v) is 5.44. The number of ether oxygens (including phenoxy) is 1. The van der Waals surface area contributed by atoms with Crippen molar-refractivity contribution < 1.29 is 4.74 Å². The summed E-state index contributed by atoms with van der Waals surface area (Å²) in [5, 5.41) is 9.61. The predicted molar refractivity (Wildman–Crippen MR) is 65.5 cm³/mol. The van der Waals surface area contributed by atoms with E-state index in [1.807, 2.05) is 6.07 Å². The summed E-state index contributed by atoms with van der Waals surface area (Å²) in [5.41, 5.74) is 0.385. The fraction of sp³-hybridized carbons (Fsp3) is 0. The molecule has 1 aromatic carbocycles. The molecule has 0 saturated heterocycles. The third-order valence-corrected chi connectivity index (χ3v) is 2.84. The Morgan fingerprint density at radius 2 is 2.00 bits per heavy atom. The standard InChI is InChI=1S/C12H6Cl2N2O/c13-9-2-1-3-10(12(9)14)17-11-7-16-5-4-8(11)6-15/h1-5,7H. The van der Waals surface area contributed by atoms with Gasteiger partial charge in [0.15, 0.2) is 5.75 Å². The number of rotatable bonds is 2. The maximum absolute atomic E-state index is 8.90. The minimum atomic E-state index is 0.307. The fourth-order valence-corrected chi connectivity index (χ4v) is 1.57. The smallest absolute Gasteiger partial charge is 0.163 e. The SMILES string of the molecule is N#Cc1ccncc1Oc1cccc(Cl)c1Cl. The molecule has 0 aliphatic heterocycles. The second-order valence-electron chi connectivity index (χ2n) is 3.14. The van der Waals surface area contributed by atoms with Gasteiger partial charge in [0.25, 0.3) is 0 Å². The molecule has 2 rings (SSSR count). The van der Waals surface area contributed by atoms with Gasteiger partial charge in [0.1, 0.15) is 16.8 Å². The number of hydrogen-bond donors (Lipinski definition) is 0. The average Bonchev–Trinajstić information content (AvgIpc) is 2.35. The summed E-state index contributed by atoms with van der Waals surface area (Å²) in [6.45, 7) is 0. The summed E-state index contributed by atoms with van der Waals surface area (Å²) in [6, 6.07) is 8.61. The maximum atomic E-state index is 8.90. The van der Waals surface area contributed by atoms with Crippen molar-refractivity contribution in [1.82, 2.24) is 4.98 Å². The van der Waals surface area contributed by atoms with Crippen molar-refractivity contribution in [3.63, 3.8) is 0 Å². The quantitative estimate of drug-likeness (QED) is 0.822. The van der Waals surface area contributed by atoms with E-state index in [9.17, 15) is 0 Å². The lowest BCUT2D eigenvalue weighted by Gasteiger charge is -2.08. The van der Waals surface area contributed by atoms with Gasteiger partial charge in [0.05, 0.1) is 16.8 Å². The normalized spacial score (nSPS) is 9.71. The molecule has 0 radical (unpaired) electrons. The zero-order valence-electron chi connectivity index (χ0n) is 8.52. The molecule has 0 aliphatic carbocycles. The van der Waals surface area contributed by atoms with Gasteiger partial charge in [-0.15, -0.1) is 0 Å². The average molecular weight is 265 g/mol. The largest absolute Gasteiger partial charge is 0.453 e. The summed E-state index contributed by atoms with van der Waals surface area (Å²) in [4.78, 5) is 3.89. The van der Waals surface area contributed by atoms with Crippen molar-refractivity contribution in [2.24, 2.45) is 0 Å². The third kappa shape index (κ3) is 2.50. The van der Waals surface area contributed by atoms with E-state index in [4.69, 9.17) is 33.2 Å². The number of hydrogen-bond acceptors (Lipinski definition) is 3. The van der Waals surface area contributed by atoms with E-state index in [2.05, 4.69) is 4.98 Å². The highest BCUT2D eigenvalue weighted by atomic mass is 35.5. The molecular weight excluding hydrogens is 259 g/mol. The zero-order chi connectivity index (χ0) is 12.3. The molecular formula is C12H6Cl2N2O. The second-order valence-corrected chi connectivity index (χ2v) is 3.92. The van der Waals surface area contributed by atoms with Gasteiger partial charge in [0, 0.05) is 6.20 Å². The molecule has 1 aromatic heterocycles. The van der Waals surface area contributed by atoms with Crippen LogP contribution in [-0.2, 0) is 0 Å². The fourth-order valence-electron chi connectivity index (χ4n) is 1.23. The van der Waals surface area contributed by atoms with Gasteiger partial charge >= 0.3 is 0 Å². The lowest BCUT2D eigenvalue weighted by molar-refractivity contribution is 0.479. The zero-order valence-corrected chi connectivity index (χ0v) is 10.0. The molecule has 1 heterocycles. The van der Waals surface area contributed by atoms with Crippen molar-refractivity contribution in [1.29, 1.82) is 5.26 Å². The van der Waals surface area contributed by atoms with Gasteiger partial charge in [-0.25, -0.2) is 0 Å². The maximum Gasteiger partial charge on any atom is 0.163 e. The molecule has 0 spiro atoms. The van der Waals surface area contributed by atoms with Gasteiger partial charge in [-0.2, -0.15) is 5.26 Å². The summed E-state index contributed by atoms with van der Waals surface area (Å²) in [5.74, 6) is 0.739. The van der Waals surface area contributed by atoms with Crippen molar-refractivity contribution in [3.8, 4) is 17.6 Å². The Labute approximate surface area is 108 Å². The Bertz CT molecular complexity index is 593. The molecule has 0 fully saturated rings. The van der Waals surface area contributed by atoms with Crippen LogP contribution in [0, 0.1) is 11.3 Å². The highest BCUT2D eigenvalue weighted by Crippen LogP contribution is 2.35. The van der Waals surface area contributed by atoms with E-state index < -0.39 is 0 Å². The van der Waals surface area contributed by atoms with Crippen LogP contribution in [0.4, 0.5) is 0 Å². The van der Waals surface area contributed by atoms with Crippen LogP contribution in [0.3, 0.4) is 0 Å². The molecule has 0 saturated carbocycles. The first kappa shape index (κ1) is 11.7. The molecule has 84 valence electrons. The Hall–Kier alpha value is -1.76. The molecule has 5 heteroatoms. The number of nitriles is 1. The molecule has 0 amide bonds. The molecule has 0 atom stereocenters. The van der Waals surface area contributed by atoms with Gasteiger partial charge in [-0.1, -0.05) is 29.3 Å². The first-order chi connectivity index (χ1) is 8.22. The molecule has 0 unspecified atom stereocenters. The molecule has 0 N–H and O–H groups in total. The number of pyridine rings is 1. The topological polar surface area (TPSA) is 45.9 Å². The number of halogens is 2. The van der Waals surface area contributed by atoms with Crippen LogP contribution >= 0.6 is 23.2 Å². The van der Waals surface area contributed by atoms with Crippen molar-refractivity contribution in [3.05, 3.63) is 52.3 Å². The minimum Gasteiger partial charge on any atom is -0.453 e. The lowest BCUT2D eigenvalue weighted by Crippen LogP contribution is -1.90. The van der Waals surface area contributed by atoms with Crippen molar-refractivity contribution >= 4 is 23.2 Å². The number of benzene rings is 1. The number of aromatic nitrogens is 1. The molecule has 3 nitrogen and oxygen atoms in total. The summed E-state index contributed by atoms with van der Waals surface area (Å²) >= 11 is 11.8. The Kier molecular flexibility index (Phi) is 3.48. The van der Waals surface area contributed by atoms with E-state index in [1.54, 1.807) is 24.3 Å². The van der Waals surface area contributed by atoms with Crippen LogP contribution in [0.5, 0.6) is 11.5 Å². The Morgan fingerprint density at radius 3 is 2.76 bits per heavy atom. The highest BCUT2D eigenvalue weighted by molar-refractivity contribution is 6.42. The van der Waals surface area contributed by atoms with Crippen LogP contribution in [0.2, 0.25) is 10.0 Å². The molecule has 2 aromatic rings. The molecule has 17 heavy (non-hydrogen) atoms. The Balaban J connectivity index is 2.39. The first-order valence-electron chi connectivity index (χ1n) is 4.68. The number of nitrogens with zero attached hydrogens (tertiary/aromatic N) is 2. The highest BCUT2D eigenvalue weighted by Gasteiger charge is 2.09. The summed E-state index contributed by atoms with van der Waals surface area (Å²) in [6.07, 6.45) is 2.97. The second kappa shape index (κ2) is 5.05. The predicted octanol–water partition coefficient (Wildman–Crippen LogP) is 4.05. The summed E-state index contributed by atoms with van der Waals surface area (Å²) in [7, 11) is 0. The minimum absolute atomic E-state index is 0.307. The van der Waals surface area contributed by atoms with E-state index >= 15 is 0 Å². The Morgan fingerprint density at radius 1 is 1.18 bits per heavy atom. The van der Waals surface area contributed by atoms with Crippen LogP contribution in [0.15, 0.2) is 36.7 Å².